The van der Waals surface area contributed by atoms with Gasteiger partial charge >= 0.3 is 0 Å². The third-order valence-corrected chi connectivity index (χ3v) is 5.34. The van der Waals surface area contributed by atoms with Crippen molar-refractivity contribution in [1.29, 1.82) is 0 Å². The van der Waals surface area contributed by atoms with Crippen molar-refractivity contribution in [2.75, 3.05) is 0 Å². The molecule has 0 aliphatic carbocycles. The summed E-state index contributed by atoms with van der Waals surface area (Å²) in [5.41, 5.74) is 5.83. The molecule has 3 aromatic carbocycles. The number of fused-ring (bicyclic) bond motifs is 1. The van der Waals surface area contributed by atoms with Gasteiger partial charge in [-0.15, -0.1) is 0 Å². The van der Waals surface area contributed by atoms with E-state index < -0.39 is 28.3 Å². The highest BCUT2D eigenvalue weighted by atomic mass is 16.6. The minimum atomic E-state index is -1.29. The van der Waals surface area contributed by atoms with Crippen molar-refractivity contribution in [1.82, 2.24) is 26.4 Å². The van der Waals surface area contributed by atoms with E-state index in [9.17, 15) is 24.5 Å². The molecule has 0 saturated heterocycles. The number of hydrogen-bond acceptors (Lipinski definition) is 7. The van der Waals surface area contributed by atoms with Crippen molar-refractivity contribution in [2.24, 2.45) is 0 Å². The van der Waals surface area contributed by atoms with Gasteiger partial charge < -0.3 is 5.32 Å². The summed E-state index contributed by atoms with van der Waals surface area (Å²) in [5.74, 6) is -1.21. The van der Waals surface area contributed by atoms with Gasteiger partial charge in [-0.2, -0.15) is 5.10 Å². The summed E-state index contributed by atoms with van der Waals surface area (Å²) in [6, 6.07) is 19.2. The molecule has 0 aliphatic rings. The number of H-pyrrole nitrogens is 1. The SMILES string of the molecule is C=C(NNC(=O)[C@@H](NC(=O)c1ccccc1)c1n[nH]c(=O)c2ccccc12)c1ccc([N+](=O)[O-])cc1. The van der Waals surface area contributed by atoms with Crippen molar-refractivity contribution in [3.05, 3.63) is 123 Å². The highest BCUT2D eigenvalue weighted by Crippen LogP contribution is 2.21. The van der Waals surface area contributed by atoms with E-state index in [1.54, 1.807) is 54.6 Å². The van der Waals surface area contributed by atoms with E-state index in [-0.39, 0.29) is 17.1 Å². The summed E-state index contributed by atoms with van der Waals surface area (Å²) in [6.45, 7) is 3.83. The van der Waals surface area contributed by atoms with Gasteiger partial charge in [-0.05, 0) is 35.9 Å². The van der Waals surface area contributed by atoms with Crippen molar-refractivity contribution < 1.29 is 14.5 Å². The molecule has 0 spiro atoms. The molecule has 0 fully saturated rings. The van der Waals surface area contributed by atoms with Crippen LogP contribution in [0.15, 0.2) is 90.2 Å². The van der Waals surface area contributed by atoms with Crippen LogP contribution in [0.1, 0.15) is 27.7 Å². The second-order valence-electron chi connectivity index (χ2n) is 7.65. The molecule has 0 aliphatic heterocycles. The second-order valence-corrected chi connectivity index (χ2v) is 7.65. The summed E-state index contributed by atoms with van der Waals surface area (Å²) >= 11 is 0. The number of aromatic nitrogens is 2. The summed E-state index contributed by atoms with van der Waals surface area (Å²) in [7, 11) is 0. The van der Waals surface area contributed by atoms with Crippen LogP contribution in [0.3, 0.4) is 0 Å². The van der Waals surface area contributed by atoms with Crippen LogP contribution in [0, 0.1) is 10.1 Å². The Kier molecular flexibility index (Phi) is 6.82. The van der Waals surface area contributed by atoms with Gasteiger partial charge in [0.05, 0.1) is 16.0 Å². The zero-order chi connectivity index (χ0) is 25.7. The van der Waals surface area contributed by atoms with E-state index in [1.807, 2.05) is 0 Å². The number of nitrogens with one attached hydrogen (secondary N) is 4. The molecule has 0 saturated carbocycles. The molecule has 1 atom stereocenters. The number of rotatable bonds is 8. The van der Waals surface area contributed by atoms with Crippen LogP contribution in [-0.2, 0) is 4.79 Å². The number of carbonyl (C=O) groups is 2. The molecular weight excluding hydrogens is 464 g/mol. The number of nitro benzene ring substituents is 1. The molecule has 11 heteroatoms. The fraction of sp³-hybridized carbons (Fsp3) is 0.0400. The number of nitro groups is 1. The van der Waals surface area contributed by atoms with Crippen LogP contribution in [0.25, 0.3) is 16.5 Å². The highest BCUT2D eigenvalue weighted by molar-refractivity contribution is 5.99. The van der Waals surface area contributed by atoms with E-state index in [0.29, 0.717) is 21.9 Å². The first kappa shape index (κ1) is 23.8. The molecular formula is C25H20N6O5. The van der Waals surface area contributed by atoms with Gasteiger partial charge in [-0.25, -0.2) is 5.10 Å². The summed E-state index contributed by atoms with van der Waals surface area (Å²) in [4.78, 5) is 48.7. The number of hydrogen-bond donors (Lipinski definition) is 4. The molecule has 4 N–H and O–H groups in total. The molecule has 2 amide bonds. The van der Waals surface area contributed by atoms with Gasteiger partial charge in [0.25, 0.3) is 23.1 Å². The molecule has 36 heavy (non-hydrogen) atoms. The van der Waals surface area contributed by atoms with Gasteiger partial charge in [0.15, 0.2) is 6.04 Å². The van der Waals surface area contributed by atoms with E-state index in [0.717, 1.165) is 0 Å². The first-order valence-corrected chi connectivity index (χ1v) is 10.7. The quantitative estimate of drug-likeness (QED) is 0.221. The van der Waals surface area contributed by atoms with Gasteiger partial charge in [-0.1, -0.05) is 43.0 Å². The molecule has 0 unspecified atom stereocenters. The predicted octanol–water partition coefficient (Wildman–Crippen LogP) is 2.59. The lowest BCUT2D eigenvalue weighted by Crippen LogP contribution is -2.45. The van der Waals surface area contributed by atoms with E-state index in [4.69, 9.17) is 0 Å². The Labute approximate surface area is 204 Å². The maximum Gasteiger partial charge on any atom is 0.272 e. The Morgan fingerprint density at radius 2 is 1.53 bits per heavy atom. The molecule has 4 rings (SSSR count). The molecule has 1 aromatic heterocycles. The van der Waals surface area contributed by atoms with Crippen LogP contribution in [0.5, 0.6) is 0 Å². The van der Waals surface area contributed by atoms with Crippen LogP contribution in [-0.4, -0.2) is 26.9 Å². The van der Waals surface area contributed by atoms with Crippen LogP contribution in [0.2, 0.25) is 0 Å². The fourth-order valence-electron chi connectivity index (χ4n) is 3.48. The molecule has 0 radical (unpaired) electrons. The van der Waals surface area contributed by atoms with Crippen LogP contribution >= 0.6 is 0 Å². The smallest absolute Gasteiger partial charge is 0.272 e. The number of carbonyl (C=O) groups excluding carboxylic acids is 2. The largest absolute Gasteiger partial charge is 0.335 e. The second kappa shape index (κ2) is 10.3. The predicted molar refractivity (Wildman–Crippen MR) is 132 cm³/mol. The monoisotopic (exact) mass is 484 g/mol. The summed E-state index contributed by atoms with van der Waals surface area (Å²) in [5, 5.41) is 20.6. The lowest BCUT2D eigenvalue weighted by atomic mass is 10.0. The van der Waals surface area contributed by atoms with Gasteiger partial charge in [0.1, 0.15) is 5.69 Å². The minimum Gasteiger partial charge on any atom is -0.335 e. The molecule has 180 valence electrons. The maximum absolute atomic E-state index is 13.3. The highest BCUT2D eigenvalue weighted by Gasteiger charge is 2.27. The third kappa shape index (κ3) is 5.09. The Morgan fingerprint density at radius 1 is 0.889 bits per heavy atom. The minimum absolute atomic E-state index is 0.0877. The number of hydrazine groups is 1. The molecule has 4 aromatic rings. The standard InChI is InChI=1S/C25H20N6O5/c1-15(16-11-13-18(14-12-16)31(35)36)27-30-25(34)22(26-23(32)17-7-3-2-4-8-17)21-19-9-5-6-10-20(19)24(33)29-28-21/h2-14,22,27H,1H2,(H,26,32)(H,29,33)(H,30,34)/t22-/m0/s1. The average molecular weight is 484 g/mol. The van der Waals surface area contributed by atoms with Crippen molar-refractivity contribution >= 4 is 34.0 Å². The number of amides is 2. The van der Waals surface area contributed by atoms with Crippen LogP contribution < -0.4 is 21.7 Å². The number of benzene rings is 3. The zero-order valence-electron chi connectivity index (χ0n) is 18.7. The lowest BCUT2D eigenvalue weighted by Gasteiger charge is -2.20. The molecule has 0 bridgehead atoms. The summed E-state index contributed by atoms with van der Waals surface area (Å²) in [6.07, 6.45) is 0. The van der Waals surface area contributed by atoms with Gasteiger partial charge in [0, 0.05) is 23.1 Å². The molecule has 11 nitrogen and oxygen atoms in total. The zero-order valence-corrected chi connectivity index (χ0v) is 18.7. The third-order valence-electron chi connectivity index (χ3n) is 5.34. The number of nitrogens with zero attached hydrogens (tertiary/aromatic N) is 2. The summed E-state index contributed by atoms with van der Waals surface area (Å²) < 4.78 is 0. The van der Waals surface area contributed by atoms with Crippen LogP contribution in [0.4, 0.5) is 5.69 Å². The Bertz CT molecular complexity index is 1520. The maximum atomic E-state index is 13.3. The molecule has 1 heterocycles. The first-order chi connectivity index (χ1) is 17.3. The number of aromatic amines is 1. The first-order valence-electron chi connectivity index (χ1n) is 10.7. The van der Waals surface area contributed by atoms with E-state index in [2.05, 4.69) is 32.9 Å². The van der Waals surface area contributed by atoms with Crippen molar-refractivity contribution in [2.45, 2.75) is 6.04 Å². The van der Waals surface area contributed by atoms with Crippen molar-refractivity contribution in [3.63, 3.8) is 0 Å². The lowest BCUT2D eigenvalue weighted by molar-refractivity contribution is -0.384. The Morgan fingerprint density at radius 3 is 2.19 bits per heavy atom. The average Bonchev–Trinajstić information content (AvgIpc) is 2.91. The van der Waals surface area contributed by atoms with E-state index in [1.165, 1.54) is 24.3 Å². The van der Waals surface area contributed by atoms with E-state index >= 15 is 0 Å². The van der Waals surface area contributed by atoms with Crippen molar-refractivity contribution in [3.8, 4) is 0 Å². The Hall–Kier alpha value is -5.32. The van der Waals surface area contributed by atoms with Gasteiger partial charge in [-0.3, -0.25) is 35.3 Å². The van der Waals surface area contributed by atoms with Gasteiger partial charge in [0.2, 0.25) is 0 Å². The topological polar surface area (TPSA) is 159 Å². The number of non-ortho nitro benzene ring substituents is 1. The Balaban J connectivity index is 1.61. The normalized spacial score (nSPS) is 11.3. The fourth-order valence-corrected chi connectivity index (χ4v) is 3.48.